The highest BCUT2D eigenvalue weighted by Gasteiger charge is 2.32. The van der Waals surface area contributed by atoms with E-state index >= 15 is 0 Å². The fourth-order valence-electron chi connectivity index (χ4n) is 5.64. The number of anilines is 1. The van der Waals surface area contributed by atoms with Crippen molar-refractivity contribution in [1.82, 2.24) is 14.8 Å². The van der Waals surface area contributed by atoms with Gasteiger partial charge in [0.05, 0.1) is 6.10 Å². The third kappa shape index (κ3) is 7.98. The number of nitrogens with zero attached hydrogens (tertiary/aromatic N) is 5. The molecule has 1 atom stereocenters. The van der Waals surface area contributed by atoms with Crippen LogP contribution in [0.15, 0.2) is 36.5 Å². The standard InChI is InChI=1S/C32H43N5O4/c1-22-17-27(10-7-25(22)21-36-15-16-37(23(2)20-36)31(39)41-32(3,4)5)35(6)30(38)24-8-11-28(12-9-24)40-29-13-14-34-26(18-29)19-33/h7,10,13-14,17-18,23-24,28H,8-9,11-12,15-16,20-21H2,1-6H3/t23-,24?,28?/m0/s1. The lowest BCUT2D eigenvalue weighted by molar-refractivity contribution is -0.123. The highest BCUT2D eigenvalue weighted by Crippen LogP contribution is 2.31. The Morgan fingerprint density at radius 1 is 1.12 bits per heavy atom. The second-order valence-corrected chi connectivity index (χ2v) is 12.3. The minimum absolute atomic E-state index is 0.0327. The Bertz CT molecular complexity index is 1280. The average Bonchev–Trinajstić information content (AvgIpc) is 2.93. The van der Waals surface area contributed by atoms with Gasteiger partial charge in [0.15, 0.2) is 0 Å². The molecule has 0 unspecified atom stereocenters. The lowest BCUT2D eigenvalue weighted by atomic mass is 9.86. The highest BCUT2D eigenvalue weighted by molar-refractivity contribution is 5.94. The number of aromatic nitrogens is 1. The van der Waals surface area contributed by atoms with Gasteiger partial charge < -0.3 is 19.3 Å². The summed E-state index contributed by atoms with van der Waals surface area (Å²) in [6.45, 7) is 12.8. The quantitative estimate of drug-likeness (QED) is 0.472. The predicted molar refractivity (Wildman–Crippen MR) is 158 cm³/mol. The van der Waals surface area contributed by atoms with Crippen molar-refractivity contribution in [3.8, 4) is 11.8 Å². The number of amides is 2. The fraction of sp³-hybridized carbons (Fsp3) is 0.562. The first kappa shape index (κ1) is 30.3. The van der Waals surface area contributed by atoms with Gasteiger partial charge in [-0.05, 0) is 89.6 Å². The van der Waals surface area contributed by atoms with Crippen LogP contribution in [0, 0.1) is 24.2 Å². The third-order valence-corrected chi connectivity index (χ3v) is 7.95. The molecule has 220 valence electrons. The average molecular weight is 562 g/mol. The van der Waals surface area contributed by atoms with Gasteiger partial charge in [0.2, 0.25) is 5.91 Å². The van der Waals surface area contributed by atoms with Crippen molar-refractivity contribution in [3.63, 3.8) is 0 Å². The van der Waals surface area contributed by atoms with Crippen LogP contribution in [0.5, 0.6) is 5.75 Å². The van der Waals surface area contributed by atoms with Gasteiger partial charge in [0.1, 0.15) is 23.1 Å². The highest BCUT2D eigenvalue weighted by atomic mass is 16.6. The molecule has 1 saturated heterocycles. The predicted octanol–water partition coefficient (Wildman–Crippen LogP) is 5.30. The van der Waals surface area contributed by atoms with Gasteiger partial charge in [0, 0.05) is 63.1 Å². The number of carbonyl (C=O) groups is 2. The molecule has 2 aliphatic rings. The van der Waals surface area contributed by atoms with Gasteiger partial charge in [-0.15, -0.1) is 0 Å². The molecule has 4 rings (SSSR count). The van der Waals surface area contributed by atoms with Gasteiger partial charge in [-0.25, -0.2) is 9.78 Å². The number of rotatable bonds is 6. The molecule has 2 heterocycles. The fourth-order valence-corrected chi connectivity index (χ4v) is 5.64. The molecular formula is C32H43N5O4. The van der Waals surface area contributed by atoms with E-state index in [0.717, 1.165) is 56.6 Å². The van der Waals surface area contributed by atoms with E-state index in [1.54, 1.807) is 23.2 Å². The van der Waals surface area contributed by atoms with Crippen molar-refractivity contribution >= 4 is 17.7 Å². The zero-order chi connectivity index (χ0) is 29.7. The second-order valence-electron chi connectivity index (χ2n) is 12.3. The zero-order valence-corrected chi connectivity index (χ0v) is 25.2. The summed E-state index contributed by atoms with van der Waals surface area (Å²) in [5, 5.41) is 9.05. The van der Waals surface area contributed by atoms with Gasteiger partial charge >= 0.3 is 6.09 Å². The van der Waals surface area contributed by atoms with E-state index in [2.05, 4.69) is 35.9 Å². The second kappa shape index (κ2) is 12.9. The van der Waals surface area contributed by atoms with Crippen LogP contribution >= 0.6 is 0 Å². The summed E-state index contributed by atoms with van der Waals surface area (Å²) in [4.78, 5) is 35.9. The molecule has 1 aliphatic heterocycles. The topological polar surface area (TPSA) is 99.0 Å². The van der Waals surface area contributed by atoms with Crippen molar-refractivity contribution in [2.75, 3.05) is 31.6 Å². The van der Waals surface area contributed by atoms with Gasteiger partial charge in [-0.2, -0.15) is 5.26 Å². The Hall–Kier alpha value is -3.64. The number of nitriles is 1. The van der Waals surface area contributed by atoms with Crippen LogP contribution in [0.4, 0.5) is 10.5 Å². The Labute approximate surface area is 244 Å². The molecule has 1 aromatic heterocycles. The molecule has 0 N–H and O–H groups in total. The van der Waals surface area contributed by atoms with Gasteiger partial charge in [-0.1, -0.05) is 6.07 Å². The van der Waals surface area contributed by atoms with Crippen molar-refractivity contribution in [3.05, 3.63) is 53.3 Å². The summed E-state index contributed by atoms with van der Waals surface area (Å²) in [5.74, 6) is 0.756. The monoisotopic (exact) mass is 561 g/mol. The van der Waals surface area contributed by atoms with Crippen molar-refractivity contribution in [2.24, 2.45) is 5.92 Å². The van der Waals surface area contributed by atoms with E-state index in [4.69, 9.17) is 14.7 Å². The molecule has 1 saturated carbocycles. The SMILES string of the molecule is Cc1cc(N(C)C(=O)C2CCC(Oc3ccnc(C#N)c3)CC2)ccc1CN1CCN(C(=O)OC(C)(C)C)[C@@H](C)C1. The lowest BCUT2D eigenvalue weighted by Gasteiger charge is -2.40. The maximum atomic E-state index is 13.4. The number of aryl methyl sites for hydroxylation is 1. The molecule has 0 spiro atoms. The van der Waals surface area contributed by atoms with Crippen LogP contribution in [0.1, 0.15) is 70.2 Å². The first-order chi connectivity index (χ1) is 19.4. The molecule has 9 heteroatoms. The summed E-state index contributed by atoms with van der Waals surface area (Å²) < 4.78 is 11.6. The Kier molecular flexibility index (Phi) is 9.54. The minimum Gasteiger partial charge on any atom is -0.490 e. The Morgan fingerprint density at radius 2 is 1.85 bits per heavy atom. The molecule has 0 bridgehead atoms. The number of hydrogen-bond donors (Lipinski definition) is 0. The molecular weight excluding hydrogens is 518 g/mol. The molecule has 2 aromatic rings. The maximum Gasteiger partial charge on any atom is 0.410 e. The van der Waals surface area contributed by atoms with Crippen LogP contribution in [-0.4, -0.2) is 71.2 Å². The van der Waals surface area contributed by atoms with Crippen molar-refractivity contribution in [1.29, 1.82) is 5.26 Å². The number of ether oxygens (including phenoxy) is 2. The third-order valence-electron chi connectivity index (χ3n) is 7.95. The number of carbonyl (C=O) groups excluding carboxylic acids is 2. The first-order valence-corrected chi connectivity index (χ1v) is 14.6. The summed E-state index contributed by atoms with van der Waals surface area (Å²) in [6.07, 6.45) is 4.51. The van der Waals surface area contributed by atoms with E-state index < -0.39 is 5.60 Å². The van der Waals surface area contributed by atoms with Crippen molar-refractivity contribution < 1.29 is 19.1 Å². The molecule has 1 aliphatic carbocycles. The zero-order valence-electron chi connectivity index (χ0n) is 25.2. The van der Waals surface area contributed by atoms with Crippen LogP contribution in [0.3, 0.4) is 0 Å². The van der Waals surface area contributed by atoms with E-state index in [0.29, 0.717) is 18.0 Å². The minimum atomic E-state index is -0.500. The van der Waals surface area contributed by atoms with Crippen LogP contribution in [0.25, 0.3) is 0 Å². The van der Waals surface area contributed by atoms with Crippen LogP contribution in [-0.2, 0) is 16.1 Å². The Balaban J connectivity index is 1.28. The van der Waals surface area contributed by atoms with Crippen LogP contribution in [0.2, 0.25) is 0 Å². The molecule has 0 radical (unpaired) electrons. The normalized spacial score (nSPS) is 21.6. The molecule has 2 amide bonds. The van der Waals surface area contributed by atoms with E-state index in [1.807, 2.05) is 44.9 Å². The van der Waals surface area contributed by atoms with E-state index in [9.17, 15) is 9.59 Å². The summed E-state index contributed by atoms with van der Waals surface area (Å²) in [5.41, 5.74) is 3.11. The smallest absolute Gasteiger partial charge is 0.410 e. The van der Waals surface area contributed by atoms with Gasteiger partial charge in [0.25, 0.3) is 0 Å². The summed E-state index contributed by atoms with van der Waals surface area (Å²) in [6, 6.07) is 11.8. The maximum absolute atomic E-state index is 13.4. The number of pyridine rings is 1. The summed E-state index contributed by atoms with van der Waals surface area (Å²) in [7, 11) is 1.86. The molecule has 9 nitrogen and oxygen atoms in total. The number of benzene rings is 1. The van der Waals surface area contributed by atoms with Crippen LogP contribution < -0.4 is 9.64 Å². The molecule has 1 aromatic carbocycles. The van der Waals surface area contributed by atoms with E-state index in [1.165, 1.54) is 5.56 Å². The largest absolute Gasteiger partial charge is 0.490 e. The van der Waals surface area contributed by atoms with Gasteiger partial charge in [-0.3, -0.25) is 9.69 Å². The number of hydrogen-bond acceptors (Lipinski definition) is 7. The lowest BCUT2D eigenvalue weighted by Crippen LogP contribution is -2.54. The van der Waals surface area contributed by atoms with Crippen molar-refractivity contribution in [2.45, 2.75) is 84.6 Å². The molecule has 41 heavy (non-hydrogen) atoms. The summed E-state index contributed by atoms with van der Waals surface area (Å²) >= 11 is 0. The van der Waals surface area contributed by atoms with E-state index in [-0.39, 0.29) is 30.1 Å². The first-order valence-electron chi connectivity index (χ1n) is 14.6. The molecule has 2 fully saturated rings. The number of piperazine rings is 1. The Morgan fingerprint density at radius 3 is 2.49 bits per heavy atom.